The minimum absolute atomic E-state index is 0.274. The Hall–Kier alpha value is -3.32. The Morgan fingerprint density at radius 1 is 0.484 bits per heavy atom. The van der Waals surface area contributed by atoms with E-state index in [9.17, 15) is 0 Å². The fourth-order valence-corrected chi connectivity index (χ4v) is 5.14. The van der Waals surface area contributed by atoms with Crippen molar-refractivity contribution < 1.29 is 0 Å². The second-order valence-electron chi connectivity index (χ2n) is 7.46. The Kier molecular flexibility index (Phi) is 5.95. The van der Waals surface area contributed by atoms with E-state index in [1.807, 2.05) is 27.7 Å². The van der Waals surface area contributed by atoms with E-state index in [4.69, 9.17) is 0 Å². The maximum Gasteiger partial charge on any atom is 0.0747 e. The molecular weight excluding hydrogens is 374 g/mol. The van der Waals surface area contributed by atoms with Crippen LogP contribution in [0, 0.1) is 0 Å². The largest absolute Gasteiger partial charge is 0.355 e. The minimum Gasteiger partial charge on any atom is -0.355 e. The predicted octanol–water partition coefficient (Wildman–Crippen LogP) is 8.08. The lowest BCUT2D eigenvalue weighted by Gasteiger charge is -2.46. The summed E-state index contributed by atoms with van der Waals surface area (Å²) in [6.45, 7) is 8.00. The number of para-hydroxylation sites is 2. The summed E-state index contributed by atoms with van der Waals surface area (Å²) >= 11 is 0. The molecule has 6 rings (SSSR count). The zero-order chi connectivity index (χ0) is 21.8. The van der Waals surface area contributed by atoms with Gasteiger partial charge in [-0.25, -0.2) is 0 Å². The minimum atomic E-state index is -0.274. The van der Waals surface area contributed by atoms with Crippen LogP contribution in [0.25, 0.3) is 0 Å². The van der Waals surface area contributed by atoms with Gasteiger partial charge in [-0.2, -0.15) is 0 Å². The molecule has 156 valence electrons. The summed E-state index contributed by atoms with van der Waals surface area (Å²) in [5.74, 6) is 0. The first-order valence-electron chi connectivity index (χ1n) is 11.5. The average molecular weight is 406 g/mol. The molecule has 4 aromatic carbocycles. The summed E-state index contributed by atoms with van der Waals surface area (Å²) in [7, 11) is 0. The van der Waals surface area contributed by atoms with Crippen LogP contribution >= 0.6 is 0 Å². The van der Waals surface area contributed by atoms with E-state index in [0.717, 1.165) is 6.42 Å². The van der Waals surface area contributed by atoms with Gasteiger partial charge in [-0.1, -0.05) is 113 Å². The zero-order valence-electron chi connectivity index (χ0n) is 18.9. The third-order valence-electron chi connectivity index (χ3n) is 6.16. The third-order valence-corrected chi connectivity index (χ3v) is 6.16. The van der Waals surface area contributed by atoms with Gasteiger partial charge in [0.15, 0.2) is 0 Å². The summed E-state index contributed by atoms with van der Waals surface area (Å²) in [5, 5.41) is 3.67. The molecule has 4 aromatic rings. The second-order valence-corrected chi connectivity index (χ2v) is 7.46. The van der Waals surface area contributed by atoms with Crippen LogP contribution in [0.2, 0.25) is 0 Å². The Balaban J connectivity index is 0.000000549. The van der Waals surface area contributed by atoms with Crippen LogP contribution < -0.4 is 5.32 Å². The van der Waals surface area contributed by atoms with Crippen molar-refractivity contribution in [1.29, 1.82) is 0 Å². The standard InChI is InChI=1S/C26H19N.2C2H6/c1-3-11-20-18(9-1)17-19-10-2-4-12-21(19)26(20)22-13-5-7-15-24(22)27-25-16-8-6-14-23(25)26;2*1-2/h1-16,27H,17H2;2*1-2H3. The number of hydrogen-bond acceptors (Lipinski definition) is 1. The SMILES string of the molecule is CC.CC.c1ccc2c(c1)Cc1ccccc1C21c2ccccc2Nc2ccccc21. The Bertz CT molecular complexity index is 999. The van der Waals surface area contributed by atoms with Gasteiger partial charge in [0.25, 0.3) is 0 Å². The number of benzene rings is 4. The Morgan fingerprint density at radius 3 is 1.29 bits per heavy atom. The molecule has 0 unspecified atom stereocenters. The lowest BCUT2D eigenvalue weighted by Crippen LogP contribution is -2.39. The van der Waals surface area contributed by atoms with E-state index in [0.29, 0.717) is 0 Å². The third kappa shape index (κ3) is 3.08. The van der Waals surface area contributed by atoms with Crippen molar-refractivity contribution in [3.8, 4) is 0 Å². The average Bonchev–Trinajstić information content (AvgIpc) is 2.86. The molecule has 0 saturated carbocycles. The van der Waals surface area contributed by atoms with Gasteiger partial charge in [-0.05, 0) is 51.9 Å². The molecule has 0 amide bonds. The summed E-state index contributed by atoms with van der Waals surface area (Å²) < 4.78 is 0. The van der Waals surface area contributed by atoms with Crippen LogP contribution in [-0.2, 0) is 11.8 Å². The van der Waals surface area contributed by atoms with Gasteiger partial charge in [0.1, 0.15) is 0 Å². The monoisotopic (exact) mass is 405 g/mol. The van der Waals surface area contributed by atoms with Crippen LogP contribution in [0.3, 0.4) is 0 Å². The molecule has 1 spiro atoms. The highest BCUT2D eigenvalue weighted by atomic mass is 14.9. The zero-order valence-corrected chi connectivity index (χ0v) is 18.9. The molecule has 0 bridgehead atoms. The first-order valence-corrected chi connectivity index (χ1v) is 11.5. The second kappa shape index (κ2) is 8.81. The fourth-order valence-electron chi connectivity index (χ4n) is 5.14. The van der Waals surface area contributed by atoms with Crippen molar-refractivity contribution in [3.05, 3.63) is 130 Å². The Morgan fingerprint density at radius 2 is 0.839 bits per heavy atom. The van der Waals surface area contributed by atoms with Gasteiger partial charge >= 0.3 is 0 Å². The predicted molar refractivity (Wildman–Crippen MR) is 134 cm³/mol. The molecule has 1 nitrogen and oxygen atoms in total. The lowest BCUT2D eigenvalue weighted by molar-refractivity contribution is 0.700. The normalized spacial score (nSPS) is 13.5. The first kappa shape index (κ1) is 20.9. The fraction of sp³-hybridized carbons (Fsp3) is 0.200. The number of nitrogens with one attached hydrogen (secondary N) is 1. The molecule has 0 radical (unpaired) electrons. The molecule has 31 heavy (non-hydrogen) atoms. The first-order chi connectivity index (χ1) is 15.4. The topological polar surface area (TPSA) is 12.0 Å². The molecule has 0 saturated heterocycles. The number of anilines is 2. The highest BCUT2D eigenvalue weighted by Crippen LogP contribution is 2.56. The van der Waals surface area contributed by atoms with Crippen molar-refractivity contribution in [2.75, 3.05) is 5.32 Å². The molecule has 1 heteroatoms. The van der Waals surface area contributed by atoms with Crippen molar-refractivity contribution in [2.45, 2.75) is 39.5 Å². The molecule has 1 heterocycles. The lowest BCUT2D eigenvalue weighted by atomic mass is 9.58. The highest BCUT2D eigenvalue weighted by molar-refractivity contribution is 5.83. The van der Waals surface area contributed by atoms with Crippen LogP contribution in [-0.4, -0.2) is 0 Å². The van der Waals surface area contributed by atoms with Crippen molar-refractivity contribution in [3.63, 3.8) is 0 Å². The number of rotatable bonds is 0. The van der Waals surface area contributed by atoms with E-state index in [1.54, 1.807) is 0 Å². The van der Waals surface area contributed by atoms with Gasteiger partial charge in [0.2, 0.25) is 0 Å². The number of fused-ring (bicyclic) bond motifs is 8. The van der Waals surface area contributed by atoms with Crippen molar-refractivity contribution >= 4 is 11.4 Å². The van der Waals surface area contributed by atoms with E-state index >= 15 is 0 Å². The summed E-state index contributed by atoms with van der Waals surface area (Å²) in [6.07, 6.45) is 0.992. The maximum atomic E-state index is 3.67. The van der Waals surface area contributed by atoms with Gasteiger partial charge < -0.3 is 5.32 Å². The highest BCUT2D eigenvalue weighted by Gasteiger charge is 2.47. The van der Waals surface area contributed by atoms with Crippen LogP contribution in [0.5, 0.6) is 0 Å². The molecule has 2 aliphatic rings. The molecule has 0 atom stereocenters. The molecular formula is C30H31N. The molecule has 0 fully saturated rings. The summed E-state index contributed by atoms with van der Waals surface area (Å²) in [5.41, 5.74) is 10.4. The van der Waals surface area contributed by atoms with Gasteiger partial charge in [0, 0.05) is 11.4 Å². The van der Waals surface area contributed by atoms with Gasteiger partial charge in [-0.3, -0.25) is 0 Å². The quantitative estimate of drug-likeness (QED) is 0.269. The van der Waals surface area contributed by atoms with Gasteiger partial charge in [-0.15, -0.1) is 0 Å². The van der Waals surface area contributed by atoms with Crippen LogP contribution in [0.4, 0.5) is 11.4 Å². The molecule has 1 aliphatic carbocycles. The maximum absolute atomic E-state index is 3.67. The van der Waals surface area contributed by atoms with Crippen LogP contribution in [0.1, 0.15) is 61.1 Å². The smallest absolute Gasteiger partial charge is 0.0747 e. The molecule has 1 aliphatic heterocycles. The molecule has 0 aromatic heterocycles. The van der Waals surface area contributed by atoms with Gasteiger partial charge in [0.05, 0.1) is 5.41 Å². The van der Waals surface area contributed by atoms with E-state index in [2.05, 4.69) is 102 Å². The van der Waals surface area contributed by atoms with E-state index < -0.39 is 0 Å². The Labute approximate surface area is 186 Å². The van der Waals surface area contributed by atoms with E-state index in [1.165, 1.54) is 44.8 Å². The van der Waals surface area contributed by atoms with Crippen LogP contribution in [0.15, 0.2) is 97.1 Å². The molecule has 1 N–H and O–H groups in total. The van der Waals surface area contributed by atoms with Crippen molar-refractivity contribution in [1.82, 2.24) is 0 Å². The number of hydrogen-bond donors (Lipinski definition) is 1. The van der Waals surface area contributed by atoms with E-state index in [-0.39, 0.29) is 5.41 Å². The van der Waals surface area contributed by atoms with Crippen molar-refractivity contribution in [2.24, 2.45) is 0 Å². The summed E-state index contributed by atoms with van der Waals surface area (Å²) in [6, 6.07) is 35.5. The summed E-state index contributed by atoms with van der Waals surface area (Å²) in [4.78, 5) is 0.